The molecule has 1 amide bonds. The van der Waals surface area contributed by atoms with Crippen LogP contribution in [0.1, 0.15) is 30.7 Å². The molecule has 3 aromatic rings. The number of nitrogens with one attached hydrogen (secondary N) is 1. The standard InChI is InChI=1S/C22H25FN4O3S/c1-29-19-3-2-15(12-18(19)23)13-27-9-6-17(7-10-27)24-20(28)4-5-21-25-26-22(30-21)16-8-11-31-14-16/h2-3,8,11-12,14,17H,4-7,9-10,13H2,1H3,(H,24,28). The molecular formula is C22H25FN4O3S. The molecule has 0 saturated carbocycles. The molecule has 1 saturated heterocycles. The number of aromatic nitrogens is 2. The molecule has 164 valence electrons. The van der Waals surface area contributed by atoms with E-state index >= 15 is 0 Å². The summed E-state index contributed by atoms with van der Waals surface area (Å²) in [6.45, 7) is 2.39. The third-order valence-electron chi connectivity index (χ3n) is 5.38. The first kappa shape index (κ1) is 21.5. The number of hydrogen-bond donors (Lipinski definition) is 1. The van der Waals surface area contributed by atoms with Crippen LogP contribution in [0.5, 0.6) is 5.75 Å². The first-order valence-corrected chi connectivity index (χ1v) is 11.2. The summed E-state index contributed by atoms with van der Waals surface area (Å²) in [6, 6.07) is 7.14. The number of carbonyl (C=O) groups is 1. The smallest absolute Gasteiger partial charge is 0.248 e. The summed E-state index contributed by atoms with van der Waals surface area (Å²) in [5, 5.41) is 15.1. The second kappa shape index (κ2) is 10.0. The van der Waals surface area contributed by atoms with E-state index in [1.807, 2.05) is 22.9 Å². The molecule has 31 heavy (non-hydrogen) atoms. The predicted molar refractivity (Wildman–Crippen MR) is 115 cm³/mol. The lowest BCUT2D eigenvalue weighted by molar-refractivity contribution is -0.122. The third kappa shape index (κ3) is 5.68. The van der Waals surface area contributed by atoms with Gasteiger partial charge in [0.1, 0.15) is 0 Å². The monoisotopic (exact) mass is 444 g/mol. The number of likely N-dealkylation sites (tertiary alicyclic amines) is 1. The summed E-state index contributed by atoms with van der Waals surface area (Å²) in [4.78, 5) is 14.6. The molecule has 0 aliphatic carbocycles. The molecule has 0 radical (unpaired) electrons. The SMILES string of the molecule is COc1ccc(CN2CCC(NC(=O)CCc3nnc(-c4ccsc4)o3)CC2)cc1F. The predicted octanol–water partition coefficient (Wildman–Crippen LogP) is 3.66. The molecule has 2 aromatic heterocycles. The largest absolute Gasteiger partial charge is 0.494 e. The number of halogens is 1. The molecule has 0 bridgehead atoms. The average Bonchev–Trinajstić information content (AvgIpc) is 3.46. The Morgan fingerprint density at radius 3 is 2.87 bits per heavy atom. The van der Waals surface area contributed by atoms with Gasteiger partial charge in [-0.25, -0.2) is 4.39 Å². The van der Waals surface area contributed by atoms with Crippen LogP contribution in [0.4, 0.5) is 4.39 Å². The molecule has 7 nitrogen and oxygen atoms in total. The van der Waals surface area contributed by atoms with Crippen molar-refractivity contribution in [3.05, 3.63) is 52.3 Å². The Bertz CT molecular complexity index is 1000. The van der Waals surface area contributed by atoms with Crippen molar-refractivity contribution in [2.45, 2.75) is 38.3 Å². The highest BCUT2D eigenvalue weighted by Crippen LogP contribution is 2.22. The zero-order valence-electron chi connectivity index (χ0n) is 17.3. The van der Waals surface area contributed by atoms with Crippen LogP contribution in [0.2, 0.25) is 0 Å². The maximum absolute atomic E-state index is 13.9. The van der Waals surface area contributed by atoms with Crippen LogP contribution in [0.15, 0.2) is 39.4 Å². The first-order chi connectivity index (χ1) is 15.1. The fraction of sp³-hybridized carbons (Fsp3) is 0.409. The lowest BCUT2D eigenvalue weighted by atomic mass is 10.0. The number of carbonyl (C=O) groups excluding carboxylic acids is 1. The van der Waals surface area contributed by atoms with Gasteiger partial charge < -0.3 is 14.5 Å². The van der Waals surface area contributed by atoms with E-state index < -0.39 is 0 Å². The van der Waals surface area contributed by atoms with Crippen molar-refractivity contribution in [1.29, 1.82) is 0 Å². The summed E-state index contributed by atoms with van der Waals surface area (Å²) in [5.41, 5.74) is 1.82. The maximum Gasteiger partial charge on any atom is 0.248 e. The van der Waals surface area contributed by atoms with Crippen molar-refractivity contribution < 1.29 is 18.3 Å². The minimum Gasteiger partial charge on any atom is -0.494 e. The van der Waals surface area contributed by atoms with Crippen LogP contribution in [0.25, 0.3) is 11.5 Å². The van der Waals surface area contributed by atoms with Crippen molar-refractivity contribution >= 4 is 17.2 Å². The Morgan fingerprint density at radius 1 is 1.32 bits per heavy atom. The fourth-order valence-corrected chi connectivity index (χ4v) is 4.31. The lowest BCUT2D eigenvalue weighted by Gasteiger charge is -2.32. The van der Waals surface area contributed by atoms with Crippen molar-refractivity contribution in [2.24, 2.45) is 0 Å². The highest BCUT2D eigenvalue weighted by atomic mass is 32.1. The number of benzene rings is 1. The molecule has 0 spiro atoms. The van der Waals surface area contributed by atoms with E-state index in [2.05, 4.69) is 20.4 Å². The zero-order valence-corrected chi connectivity index (χ0v) is 18.2. The van der Waals surface area contributed by atoms with Gasteiger partial charge in [-0.05, 0) is 42.0 Å². The number of methoxy groups -OCH3 is 1. The molecule has 1 N–H and O–H groups in total. The van der Waals surface area contributed by atoms with Gasteiger partial charge in [0.2, 0.25) is 17.7 Å². The molecule has 9 heteroatoms. The number of aryl methyl sites for hydroxylation is 1. The maximum atomic E-state index is 13.9. The summed E-state index contributed by atoms with van der Waals surface area (Å²) >= 11 is 1.57. The third-order valence-corrected chi connectivity index (χ3v) is 6.06. The normalized spacial score (nSPS) is 15.2. The second-order valence-corrected chi connectivity index (χ2v) is 8.38. The van der Waals surface area contributed by atoms with Gasteiger partial charge in [0, 0.05) is 49.5 Å². The van der Waals surface area contributed by atoms with Crippen LogP contribution >= 0.6 is 11.3 Å². The van der Waals surface area contributed by atoms with Crippen LogP contribution in [0, 0.1) is 5.82 Å². The Morgan fingerprint density at radius 2 is 2.16 bits per heavy atom. The molecule has 1 aliphatic heterocycles. The van der Waals surface area contributed by atoms with Gasteiger partial charge in [-0.15, -0.1) is 10.2 Å². The molecule has 1 aromatic carbocycles. The minimum atomic E-state index is -0.342. The average molecular weight is 445 g/mol. The Balaban J connectivity index is 1.18. The van der Waals surface area contributed by atoms with Crippen LogP contribution < -0.4 is 10.1 Å². The zero-order chi connectivity index (χ0) is 21.6. The van der Waals surface area contributed by atoms with Crippen molar-refractivity contribution in [1.82, 2.24) is 20.4 Å². The molecule has 1 aliphatic rings. The number of rotatable bonds is 8. The number of thiophene rings is 1. The van der Waals surface area contributed by atoms with Crippen LogP contribution in [-0.2, 0) is 17.8 Å². The summed E-state index contributed by atoms with van der Waals surface area (Å²) < 4.78 is 24.5. The molecule has 0 atom stereocenters. The van der Waals surface area contributed by atoms with Crippen LogP contribution in [0.3, 0.4) is 0 Å². The molecule has 3 heterocycles. The highest BCUT2D eigenvalue weighted by molar-refractivity contribution is 7.08. The van der Waals surface area contributed by atoms with Gasteiger partial charge in [-0.2, -0.15) is 11.3 Å². The molecule has 1 fully saturated rings. The van der Waals surface area contributed by atoms with E-state index in [9.17, 15) is 9.18 Å². The Kier molecular flexibility index (Phi) is 6.93. The van der Waals surface area contributed by atoms with E-state index in [-0.39, 0.29) is 23.5 Å². The Labute approximate surface area is 184 Å². The second-order valence-electron chi connectivity index (χ2n) is 7.60. The summed E-state index contributed by atoms with van der Waals surface area (Å²) in [6.07, 6.45) is 2.47. The number of ether oxygens (including phenoxy) is 1. The van der Waals surface area contributed by atoms with Gasteiger partial charge in [0.25, 0.3) is 0 Å². The Hall–Kier alpha value is -2.78. The van der Waals surface area contributed by atoms with Gasteiger partial charge in [-0.1, -0.05) is 6.07 Å². The van der Waals surface area contributed by atoms with Gasteiger partial charge in [0.05, 0.1) is 7.11 Å². The number of piperidine rings is 1. The van der Waals surface area contributed by atoms with E-state index in [1.54, 1.807) is 17.4 Å². The van der Waals surface area contributed by atoms with E-state index in [0.717, 1.165) is 37.1 Å². The van der Waals surface area contributed by atoms with E-state index in [1.165, 1.54) is 13.2 Å². The minimum absolute atomic E-state index is 0.00837. The first-order valence-electron chi connectivity index (χ1n) is 10.3. The van der Waals surface area contributed by atoms with Crippen LogP contribution in [-0.4, -0.2) is 47.2 Å². The number of nitrogens with zero attached hydrogens (tertiary/aromatic N) is 3. The molecular weight excluding hydrogens is 419 g/mol. The van der Waals surface area contributed by atoms with Crippen molar-refractivity contribution in [3.8, 4) is 17.2 Å². The van der Waals surface area contributed by atoms with Gasteiger partial charge >= 0.3 is 0 Å². The lowest BCUT2D eigenvalue weighted by Crippen LogP contribution is -2.44. The molecule has 4 rings (SSSR count). The van der Waals surface area contributed by atoms with Gasteiger partial charge in [0.15, 0.2) is 11.6 Å². The quantitative estimate of drug-likeness (QED) is 0.571. The number of hydrogen-bond acceptors (Lipinski definition) is 7. The fourth-order valence-electron chi connectivity index (χ4n) is 3.68. The highest BCUT2D eigenvalue weighted by Gasteiger charge is 2.21. The number of amides is 1. The van der Waals surface area contributed by atoms with Crippen molar-refractivity contribution in [2.75, 3.05) is 20.2 Å². The summed E-state index contributed by atoms with van der Waals surface area (Å²) in [5.74, 6) is 0.865. The summed E-state index contributed by atoms with van der Waals surface area (Å²) in [7, 11) is 1.46. The molecule has 0 unspecified atom stereocenters. The topological polar surface area (TPSA) is 80.5 Å². The van der Waals surface area contributed by atoms with E-state index in [0.29, 0.717) is 31.2 Å². The van der Waals surface area contributed by atoms with Crippen molar-refractivity contribution in [3.63, 3.8) is 0 Å². The van der Waals surface area contributed by atoms with E-state index in [4.69, 9.17) is 9.15 Å². The van der Waals surface area contributed by atoms with Gasteiger partial charge in [-0.3, -0.25) is 9.69 Å².